The lowest BCUT2D eigenvalue weighted by atomic mass is 10.0. The van der Waals surface area contributed by atoms with Crippen molar-refractivity contribution in [1.29, 1.82) is 0 Å². The van der Waals surface area contributed by atoms with E-state index < -0.39 is 28.6 Å². The lowest BCUT2D eigenvalue weighted by Gasteiger charge is -2.11. The molecule has 0 aromatic heterocycles. The standard InChI is InChI=1S/C21H19N3O3.C19H15N3O4/c1-12(25)22-16-7-3-6-15(11-16)18-19(21(27)24-20(18)26)23-17-9-8-13-4-2-5-14(13)10-17;23-18-16(13-5-2-6-15(10-13)22(25)26)17(19(24)21-18)20-14-8-7-11-3-1-4-12(11)9-14/h3,6-11H,2,4-5H2,1H3,(H,22,25)(H2,23,24,26,27);2,5-10H,1,3-4H2,(H2,20,21,23,24). The molecule has 2 aliphatic carbocycles. The Kier molecular flexibility index (Phi) is 9.38. The maximum absolute atomic E-state index is 12.4. The van der Waals surface area contributed by atoms with Gasteiger partial charge in [0.25, 0.3) is 29.3 Å². The smallest absolute Gasteiger partial charge is 0.275 e. The van der Waals surface area contributed by atoms with E-state index in [0.29, 0.717) is 22.5 Å². The highest BCUT2D eigenvalue weighted by atomic mass is 16.6. The Morgan fingerprint density at radius 2 is 1.09 bits per heavy atom. The van der Waals surface area contributed by atoms with Crippen LogP contribution < -0.4 is 26.6 Å². The van der Waals surface area contributed by atoms with Crippen LogP contribution >= 0.6 is 0 Å². The van der Waals surface area contributed by atoms with Gasteiger partial charge in [0.15, 0.2) is 0 Å². The fraction of sp³-hybridized carbons (Fsp3) is 0.175. The van der Waals surface area contributed by atoms with Gasteiger partial charge in [-0.2, -0.15) is 0 Å². The van der Waals surface area contributed by atoms with E-state index in [2.05, 4.69) is 32.7 Å². The zero-order valence-electron chi connectivity index (χ0n) is 28.6. The highest BCUT2D eigenvalue weighted by molar-refractivity contribution is 6.37. The zero-order valence-corrected chi connectivity index (χ0v) is 28.6. The van der Waals surface area contributed by atoms with Crippen molar-refractivity contribution < 1.29 is 28.9 Å². The van der Waals surface area contributed by atoms with Crippen molar-refractivity contribution in [3.8, 4) is 0 Å². The van der Waals surface area contributed by atoms with Crippen molar-refractivity contribution in [2.24, 2.45) is 0 Å². The molecule has 5 N–H and O–H groups in total. The average Bonchev–Trinajstić information content (AvgIpc) is 3.91. The number of carbonyl (C=O) groups is 5. The molecule has 0 radical (unpaired) electrons. The molecule has 13 nitrogen and oxygen atoms in total. The van der Waals surface area contributed by atoms with E-state index in [1.807, 2.05) is 30.3 Å². The fourth-order valence-electron chi connectivity index (χ4n) is 7.02. The first-order chi connectivity index (χ1) is 25.5. The van der Waals surface area contributed by atoms with E-state index in [1.54, 1.807) is 30.3 Å². The molecule has 0 saturated carbocycles. The summed E-state index contributed by atoms with van der Waals surface area (Å²) in [5.41, 5.74) is 8.67. The number of aryl methyl sites for hydroxylation is 4. The van der Waals surface area contributed by atoms with E-state index in [4.69, 9.17) is 0 Å². The topological polar surface area (TPSA) is 189 Å². The molecule has 0 unspecified atom stereocenters. The second-order valence-electron chi connectivity index (χ2n) is 13.1. The summed E-state index contributed by atoms with van der Waals surface area (Å²) in [6.07, 6.45) is 6.41. The molecule has 266 valence electrons. The summed E-state index contributed by atoms with van der Waals surface area (Å²) < 4.78 is 0. The Hall–Kier alpha value is -6.89. The second-order valence-corrected chi connectivity index (χ2v) is 13.1. The number of carbonyl (C=O) groups excluding carboxylic acids is 5. The third kappa shape index (κ3) is 7.31. The molecule has 0 atom stereocenters. The highest BCUT2D eigenvalue weighted by Gasteiger charge is 2.33. The summed E-state index contributed by atoms with van der Waals surface area (Å²) in [6, 6.07) is 24.5. The van der Waals surface area contributed by atoms with Crippen molar-refractivity contribution in [2.75, 3.05) is 16.0 Å². The molecule has 53 heavy (non-hydrogen) atoms. The van der Waals surface area contributed by atoms with Crippen molar-refractivity contribution in [2.45, 2.75) is 45.4 Å². The van der Waals surface area contributed by atoms with Gasteiger partial charge in [-0.25, -0.2) is 0 Å². The summed E-state index contributed by atoms with van der Waals surface area (Å²) in [5, 5.41) is 24.4. The van der Waals surface area contributed by atoms with Crippen LogP contribution in [0.15, 0.2) is 96.3 Å². The molecule has 0 spiro atoms. The molecule has 13 heteroatoms. The first-order valence-electron chi connectivity index (χ1n) is 17.1. The van der Waals surface area contributed by atoms with E-state index in [9.17, 15) is 34.1 Å². The first-order valence-corrected chi connectivity index (χ1v) is 17.1. The fourth-order valence-corrected chi connectivity index (χ4v) is 7.02. The summed E-state index contributed by atoms with van der Waals surface area (Å²) in [7, 11) is 0. The van der Waals surface area contributed by atoms with Gasteiger partial charge < -0.3 is 16.0 Å². The van der Waals surface area contributed by atoms with Gasteiger partial charge in [-0.05, 0) is 108 Å². The number of fused-ring (bicyclic) bond motifs is 2. The van der Waals surface area contributed by atoms with Crippen LogP contribution in [0.3, 0.4) is 0 Å². The van der Waals surface area contributed by atoms with E-state index in [-0.39, 0.29) is 34.1 Å². The number of rotatable bonds is 8. The van der Waals surface area contributed by atoms with Crippen molar-refractivity contribution in [1.82, 2.24) is 10.6 Å². The summed E-state index contributed by atoms with van der Waals surface area (Å²) in [6.45, 7) is 1.42. The molecule has 4 aromatic carbocycles. The molecular formula is C40H34N6O7. The molecule has 0 bridgehead atoms. The van der Waals surface area contributed by atoms with E-state index in [0.717, 1.165) is 44.2 Å². The number of nitro benzene ring substituents is 1. The normalized spacial score (nSPS) is 15.7. The zero-order chi connectivity index (χ0) is 37.2. The summed E-state index contributed by atoms with van der Waals surface area (Å²) in [4.78, 5) is 71.0. The second kappa shape index (κ2) is 14.4. The van der Waals surface area contributed by atoms with Crippen LogP contribution in [-0.4, -0.2) is 34.5 Å². The first kappa shape index (κ1) is 34.6. The Labute approximate surface area is 303 Å². The Balaban J connectivity index is 0.000000164. The molecule has 5 amide bonds. The highest BCUT2D eigenvalue weighted by Crippen LogP contribution is 2.32. The number of amides is 5. The number of hydrogen-bond donors (Lipinski definition) is 5. The van der Waals surface area contributed by atoms with Crippen LogP contribution in [0.5, 0.6) is 0 Å². The van der Waals surface area contributed by atoms with Crippen LogP contribution in [0.4, 0.5) is 22.7 Å². The number of nitrogens with one attached hydrogen (secondary N) is 5. The minimum absolute atomic E-state index is 0.105. The van der Waals surface area contributed by atoms with Crippen molar-refractivity contribution in [3.05, 3.63) is 140 Å². The van der Waals surface area contributed by atoms with Gasteiger partial charge in [0.05, 0.1) is 16.1 Å². The number of hydrogen-bond acceptors (Lipinski definition) is 9. The van der Waals surface area contributed by atoms with Gasteiger partial charge >= 0.3 is 0 Å². The molecular weight excluding hydrogens is 676 g/mol. The molecule has 4 aliphatic rings. The van der Waals surface area contributed by atoms with Gasteiger partial charge in [-0.1, -0.05) is 36.4 Å². The maximum Gasteiger partial charge on any atom is 0.275 e. The van der Waals surface area contributed by atoms with Crippen LogP contribution in [-0.2, 0) is 49.7 Å². The third-order valence-electron chi connectivity index (χ3n) is 9.42. The van der Waals surface area contributed by atoms with Gasteiger partial charge in [-0.3, -0.25) is 44.7 Å². The summed E-state index contributed by atoms with van der Waals surface area (Å²) in [5.74, 6) is -2.23. The molecule has 0 saturated heterocycles. The van der Waals surface area contributed by atoms with Crippen LogP contribution in [0, 0.1) is 10.1 Å². The van der Waals surface area contributed by atoms with Crippen molar-refractivity contribution in [3.63, 3.8) is 0 Å². The Morgan fingerprint density at radius 3 is 1.60 bits per heavy atom. The predicted molar refractivity (Wildman–Crippen MR) is 198 cm³/mol. The van der Waals surface area contributed by atoms with E-state index >= 15 is 0 Å². The van der Waals surface area contributed by atoms with Gasteiger partial charge in [0.2, 0.25) is 5.91 Å². The number of benzene rings is 4. The lowest BCUT2D eigenvalue weighted by Crippen LogP contribution is -2.24. The van der Waals surface area contributed by atoms with Crippen molar-refractivity contribution >= 4 is 63.4 Å². The van der Waals surface area contributed by atoms with Gasteiger partial charge in [0, 0.05) is 36.1 Å². The minimum Gasteiger partial charge on any atom is -0.350 e. The number of non-ortho nitro benzene ring substituents is 1. The summed E-state index contributed by atoms with van der Waals surface area (Å²) >= 11 is 0. The quantitative estimate of drug-likeness (QED) is 0.0933. The molecule has 2 aliphatic heterocycles. The van der Waals surface area contributed by atoms with Crippen LogP contribution in [0.25, 0.3) is 11.1 Å². The van der Waals surface area contributed by atoms with Crippen LogP contribution in [0.2, 0.25) is 0 Å². The predicted octanol–water partition coefficient (Wildman–Crippen LogP) is 5.18. The van der Waals surface area contributed by atoms with E-state index in [1.165, 1.54) is 47.4 Å². The number of nitro groups is 1. The monoisotopic (exact) mass is 710 g/mol. The number of imide groups is 2. The van der Waals surface area contributed by atoms with Crippen LogP contribution in [0.1, 0.15) is 53.1 Å². The largest absolute Gasteiger partial charge is 0.350 e. The number of nitrogens with zero attached hydrogens (tertiary/aromatic N) is 1. The van der Waals surface area contributed by atoms with Gasteiger partial charge in [-0.15, -0.1) is 0 Å². The average molecular weight is 711 g/mol. The number of anilines is 3. The lowest BCUT2D eigenvalue weighted by molar-refractivity contribution is -0.384. The third-order valence-corrected chi connectivity index (χ3v) is 9.42. The molecule has 8 rings (SSSR count). The Bertz CT molecular complexity index is 2330. The molecule has 0 fully saturated rings. The maximum atomic E-state index is 12.4. The minimum atomic E-state index is -0.570. The van der Waals surface area contributed by atoms with Gasteiger partial charge in [0.1, 0.15) is 11.4 Å². The molecule has 4 aromatic rings. The molecule has 2 heterocycles. The SMILES string of the molecule is CC(=O)Nc1cccc(C2=C(Nc3ccc4c(c3)CCC4)C(=O)NC2=O)c1.O=C1NC(=O)C(c2cccc([N+](=O)[O-])c2)=C1Nc1ccc2c(c1)CCC2. The Morgan fingerprint density at radius 1 is 0.604 bits per heavy atom.